The predicted octanol–water partition coefficient (Wildman–Crippen LogP) is 2.27. The molecule has 0 aromatic heterocycles. The fraction of sp³-hybridized carbons (Fsp3) is 0.538. The second kappa shape index (κ2) is 4.33. The molecule has 0 spiro atoms. The molecular formula is C13H19NO. The lowest BCUT2D eigenvalue weighted by atomic mass is 9.94. The maximum Gasteiger partial charge on any atom is 0.0662 e. The number of morpholine rings is 1. The van der Waals surface area contributed by atoms with Crippen LogP contribution in [0.4, 0.5) is 0 Å². The highest BCUT2D eigenvalue weighted by molar-refractivity contribution is 5.39. The van der Waals surface area contributed by atoms with E-state index in [1.807, 2.05) is 0 Å². The van der Waals surface area contributed by atoms with Gasteiger partial charge in [-0.1, -0.05) is 17.7 Å². The number of aryl methyl sites for hydroxylation is 3. The van der Waals surface area contributed by atoms with E-state index in [4.69, 9.17) is 4.74 Å². The first-order valence-corrected chi connectivity index (χ1v) is 5.57. The lowest BCUT2D eigenvalue weighted by molar-refractivity contribution is 0.0765. The second-order valence-corrected chi connectivity index (χ2v) is 4.39. The van der Waals surface area contributed by atoms with Crippen molar-refractivity contribution in [2.45, 2.75) is 26.8 Å². The van der Waals surface area contributed by atoms with Gasteiger partial charge in [0.15, 0.2) is 0 Å². The van der Waals surface area contributed by atoms with Gasteiger partial charge < -0.3 is 10.1 Å². The maximum atomic E-state index is 5.51. The van der Waals surface area contributed by atoms with E-state index >= 15 is 0 Å². The Hall–Kier alpha value is -0.860. The summed E-state index contributed by atoms with van der Waals surface area (Å²) in [5, 5.41) is 3.51. The van der Waals surface area contributed by atoms with Gasteiger partial charge in [-0.2, -0.15) is 0 Å². The first-order chi connectivity index (χ1) is 7.18. The van der Waals surface area contributed by atoms with Crippen LogP contribution in [0.1, 0.15) is 28.3 Å². The van der Waals surface area contributed by atoms with Crippen LogP contribution < -0.4 is 5.32 Å². The van der Waals surface area contributed by atoms with E-state index in [1.165, 1.54) is 22.3 Å². The molecule has 1 aliphatic rings. The lowest BCUT2D eigenvalue weighted by Crippen LogP contribution is -2.35. The minimum Gasteiger partial charge on any atom is -0.378 e. The molecule has 0 unspecified atom stereocenters. The Bertz CT molecular complexity index is 331. The van der Waals surface area contributed by atoms with Crippen LogP contribution in [0.5, 0.6) is 0 Å². The summed E-state index contributed by atoms with van der Waals surface area (Å²) in [5.41, 5.74) is 5.50. The highest BCUT2D eigenvalue weighted by Gasteiger charge is 2.18. The normalized spacial score (nSPS) is 21.7. The molecule has 0 aliphatic carbocycles. The zero-order valence-corrected chi connectivity index (χ0v) is 9.76. The van der Waals surface area contributed by atoms with Crippen LogP contribution in [0.2, 0.25) is 0 Å². The summed E-state index contributed by atoms with van der Waals surface area (Å²) in [6, 6.07) is 4.87. The van der Waals surface area contributed by atoms with E-state index in [9.17, 15) is 0 Å². The number of benzene rings is 1. The Labute approximate surface area is 91.6 Å². The van der Waals surface area contributed by atoms with Gasteiger partial charge in [-0.3, -0.25) is 0 Å². The third kappa shape index (κ3) is 2.21. The van der Waals surface area contributed by atoms with Crippen molar-refractivity contribution >= 4 is 0 Å². The molecule has 82 valence electrons. The maximum absolute atomic E-state index is 5.51. The first kappa shape index (κ1) is 10.7. The first-order valence-electron chi connectivity index (χ1n) is 5.57. The molecule has 0 radical (unpaired) electrons. The summed E-state index contributed by atoms with van der Waals surface area (Å²) in [7, 11) is 0. The minimum absolute atomic E-state index is 0.374. The Kier molecular flexibility index (Phi) is 3.08. The third-order valence-corrected chi connectivity index (χ3v) is 3.01. The van der Waals surface area contributed by atoms with Crippen LogP contribution in [-0.4, -0.2) is 19.8 Å². The van der Waals surface area contributed by atoms with E-state index in [2.05, 4.69) is 38.2 Å². The molecule has 1 fully saturated rings. The predicted molar refractivity (Wildman–Crippen MR) is 62.2 cm³/mol. The minimum atomic E-state index is 0.374. The average Bonchev–Trinajstić information content (AvgIpc) is 2.17. The second-order valence-electron chi connectivity index (χ2n) is 4.39. The number of hydrogen-bond acceptors (Lipinski definition) is 2. The van der Waals surface area contributed by atoms with Crippen LogP contribution >= 0.6 is 0 Å². The van der Waals surface area contributed by atoms with Crippen LogP contribution in [0.15, 0.2) is 12.1 Å². The van der Waals surface area contributed by atoms with E-state index in [1.54, 1.807) is 0 Å². The Balaban J connectivity index is 2.33. The van der Waals surface area contributed by atoms with Gasteiger partial charge in [-0.15, -0.1) is 0 Å². The van der Waals surface area contributed by atoms with Gasteiger partial charge in [0.25, 0.3) is 0 Å². The highest BCUT2D eigenvalue weighted by atomic mass is 16.5. The van der Waals surface area contributed by atoms with E-state index in [0.717, 1.165) is 19.8 Å². The van der Waals surface area contributed by atoms with Gasteiger partial charge in [0.05, 0.1) is 19.3 Å². The third-order valence-electron chi connectivity index (χ3n) is 3.01. The van der Waals surface area contributed by atoms with Crippen LogP contribution in [-0.2, 0) is 4.74 Å². The van der Waals surface area contributed by atoms with Crippen molar-refractivity contribution in [1.29, 1.82) is 0 Å². The molecule has 0 saturated carbocycles. The summed E-state index contributed by atoms with van der Waals surface area (Å²) >= 11 is 0. The van der Waals surface area contributed by atoms with Gasteiger partial charge in [0.1, 0.15) is 0 Å². The van der Waals surface area contributed by atoms with Gasteiger partial charge >= 0.3 is 0 Å². The van der Waals surface area contributed by atoms with Crippen LogP contribution in [0.3, 0.4) is 0 Å². The molecule has 1 heterocycles. The standard InChI is InChI=1S/C13H19NO/c1-9-6-10(2)13(11(3)7-9)12-8-15-5-4-14-12/h6-7,12,14H,4-5,8H2,1-3H3/t12-/m0/s1. The summed E-state index contributed by atoms with van der Waals surface area (Å²) in [6.07, 6.45) is 0. The topological polar surface area (TPSA) is 21.3 Å². The molecular weight excluding hydrogens is 186 g/mol. The van der Waals surface area contributed by atoms with Gasteiger partial charge in [-0.05, 0) is 37.5 Å². The van der Waals surface area contributed by atoms with Crippen LogP contribution in [0, 0.1) is 20.8 Å². The van der Waals surface area contributed by atoms with Crippen molar-refractivity contribution in [3.63, 3.8) is 0 Å². The molecule has 1 aliphatic heterocycles. The number of hydrogen-bond donors (Lipinski definition) is 1. The molecule has 2 heteroatoms. The fourth-order valence-corrected chi connectivity index (χ4v) is 2.49. The quantitative estimate of drug-likeness (QED) is 0.759. The van der Waals surface area contributed by atoms with E-state index in [0.29, 0.717) is 6.04 Å². The molecule has 2 nitrogen and oxygen atoms in total. The van der Waals surface area contributed by atoms with E-state index in [-0.39, 0.29) is 0 Å². The van der Waals surface area contributed by atoms with Crippen molar-refractivity contribution in [3.8, 4) is 0 Å². The molecule has 1 aromatic rings. The largest absolute Gasteiger partial charge is 0.378 e. The molecule has 1 aromatic carbocycles. The summed E-state index contributed by atoms with van der Waals surface area (Å²) in [6.45, 7) is 9.11. The fourth-order valence-electron chi connectivity index (χ4n) is 2.49. The zero-order valence-electron chi connectivity index (χ0n) is 9.76. The number of nitrogens with one attached hydrogen (secondary N) is 1. The Morgan fingerprint density at radius 1 is 1.20 bits per heavy atom. The molecule has 0 amide bonds. The number of rotatable bonds is 1. The smallest absolute Gasteiger partial charge is 0.0662 e. The van der Waals surface area contributed by atoms with Gasteiger partial charge in [0.2, 0.25) is 0 Å². The van der Waals surface area contributed by atoms with Crippen molar-refractivity contribution < 1.29 is 4.74 Å². The van der Waals surface area contributed by atoms with Crippen LogP contribution in [0.25, 0.3) is 0 Å². The Morgan fingerprint density at radius 3 is 2.40 bits per heavy atom. The molecule has 1 N–H and O–H groups in total. The Morgan fingerprint density at radius 2 is 1.87 bits per heavy atom. The summed E-state index contributed by atoms with van der Waals surface area (Å²) in [4.78, 5) is 0. The molecule has 2 rings (SSSR count). The number of ether oxygens (including phenoxy) is 1. The average molecular weight is 205 g/mol. The summed E-state index contributed by atoms with van der Waals surface area (Å²) < 4.78 is 5.51. The SMILES string of the molecule is Cc1cc(C)c([C@@H]2COCCN2)c(C)c1. The zero-order chi connectivity index (χ0) is 10.8. The van der Waals surface area contributed by atoms with Crippen molar-refractivity contribution in [2.24, 2.45) is 0 Å². The van der Waals surface area contributed by atoms with Gasteiger partial charge in [0, 0.05) is 6.54 Å². The molecule has 0 bridgehead atoms. The van der Waals surface area contributed by atoms with Gasteiger partial charge in [-0.25, -0.2) is 0 Å². The van der Waals surface area contributed by atoms with E-state index < -0.39 is 0 Å². The highest BCUT2D eigenvalue weighted by Crippen LogP contribution is 2.24. The summed E-state index contributed by atoms with van der Waals surface area (Å²) in [5.74, 6) is 0. The molecule has 1 saturated heterocycles. The monoisotopic (exact) mass is 205 g/mol. The molecule has 1 atom stereocenters. The van der Waals surface area contributed by atoms with Crippen molar-refractivity contribution in [2.75, 3.05) is 19.8 Å². The molecule has 15 heavy (non-hydrogen) atoms. The van der Waals surface area contributed by atoms with Crippen molar-refractivity contribution in [3.05, 3.63) is 34.4 Å². The lowest BCUT2D eigenvalue weighted by Gasteiger charge is -2.27. The van der Waals surface area contributed by atoms with Crippen molar-refractivity contribution in [1.82, 2.24) is 5.32 Å².